The van der Waals surface area contributed by atoms with Gasteiger partial charge in [-0.05, 0) is 72.9 Å². The molecule has 0 radical (unpaired) electrons. The fourth-order valence-corrected chi connectivity index (χ4v) is 4.27. The number of hydrogen-bond donors (Lipinski definition) is 1. The molecule has 0 bridgehead atoms. The summed E-state index contributed by atoms with van der Waals surface area (Å²) >= 11 is 4.41. The van der Waals surface area contributed by atoms with Crippen molar-refractivity contribution in [3.8, 4) is 28.8 Å². The van der Waals surface area contributed by atoms with Gasteiger partial charge in [0.05, 0.1) is 23.9 Å². The van der Waals surface area contributed by atoms with Gasteiger partial charge in [0.1, 0.15) is 22.9 Å². The molecule has 184 valence electrons. The van der Waals surface area contributed by atoms with Crippen LogP contribution in [0.4, 0.5) is 10.3 Å². The van der Waals surface area contributed by atoms with Gasteiger partial charge >= 0.3 is 0 Å². The van der Waals surface area contributed by atoms with E-state index < -0.39 is 10.9 Å². The number of ether oxygens (including phenoxy) is 2. The van der Waals surface area contributed by atoms with E-state index in [2.05, 4.69) is 40.8 Å². The zero-order valence-corrected chi connectivity index (χ0v) is 22.1. The molecular weight excluding hydrogens is 539 g/mol. The number of rotatable bonds is 9. The van der Waals surface area contributed by atoms with Crippen molar-refractivity contribution in [2.24, 2.45) is 0 Å². The first-order chi connectivity index (χ1) is 16.8. The molecule has 0 aliphatic carbocycles. The summed E-state index contributed by atoms with van der Waals surface area (Å²) in [6, 6.07) is 9.07. The van der Waals surface area contributed by atoms with E-state index in [0.29, 0.717) is 39.2 Å². The van der Waals surface area contributed by atoms with Crippen LogP contribution in [0.2, 0.25) is 0 Å². The van der Waals surface area contributed by atoms with Crippen LogP contribution < -0.4 is 14.2 Å². The number of hydrogen-bond acceptors (Lipinski definition) is 9. The zero-order chi connectivity index (χ0) is 25.2. The van der Waals surface area contributed by atoms with Crippen molar-refractivity contribution in [3.63, 3.8) is 0 Å². The number of nitrogens with one attached hydrogen (secondary N) is 1. The molecule has 2 unspecified atom stereocenters. The van der Waals surface area contributed by atoms with Gasteiger partial charge in [0, 0.05) is 12.4 Å². The van der Waals surface area contributed by atoms with Crippen molar-refractivity contribution in [2.45, 2.75) is 31.7 Å². The molecule has 2 atom stereocenters. The van der Waals surface area contributed by atoms with Gasteiger partial charge in [-0.15, -0.1) is 10.2 Å². The number of halogens is 2. The van der Waals surface area contributed by atoms with Gasteiger partial charge in [0.25, 0.3) is 0 Å². The van der Waals surface area contributed by atoms with E-state index >= 15 is 4.39 Å². The molecule has 0 saturated heterocycles. The van der Waals surface area contributed by atoms with Gasteiger partial charge in [-0.25, -0.2) is 14.4 Å². The van der Waals surface area contributed by atoms with Gasteiger partial charge in [-0.1, -0.05) is 6.07 Å². The minimum absolute atomic E-state index is 0.0853. The number of aromatic nitrogens is 5. The summed E-state index contributed by atoms with van der Waals surface area (Å²) in [7, 11) is 3.13. The Bertz CT molecular complexity index is 1290. The molecule has 3 heterocycles. The third-order valence-corrected chi connectivity index (χ3v) is 6.90. The minimum atomic E-state index is -1.83. The molecular formula is C23H24BrFN6O3S. The molecule has 0 amide bonds. The summed E-state index contributed by atoms with van der Waals surface area (Å²) in [5.41, 5.74) is -1.26. The highest BCUT2D eigenvalue weighted by atomic mass is 79.9. The number of methoxy groups -OCH3 is 2. The lowest BCUT2D eigenvalue weighted by Gasteiger charge is -2.25. The molecule has 3 aromatic heterocycles. The highest BCUT2D eigenvalue weighted by molar-refractivity contribution is 9.10. The summed E-state index contributed by atoms with van der Waals surface area (Å²) < 4.78 is 38.3. The lowest BCUT2D eigenvalue weighted by molar-refractivity contribution is 0.179. The van der Waals surface area contributed by atoms with Crippen molar-refractivity contribution in [1.82, 2.24) is 24.7 Å². The van der Waals surface area contributed by atoms with Crippen LogP contribution in [0, 0.1) is 6.92 Å². The van der Waals surface area contributed by atoms with Crippen LogP contribution in [-0.2, 0) is 5.67 Å². The first kappa shape index (κ1) is 25.0. The summed E-state index contributed by atoms with van der Waals surface area (Å²) in [6.45, 7) is 5.03. The van der Waals surface area contributed by atoms with Crippen LogP contribution in [0.15, 0.2) is 51.6 Å². The normalized spacial score (nSPS) is 13.8. The Kier molecular flexibility index (Phi) is 7.31. The highest BCUT2D eigenvalue weighted by Gasteiger charge is 2.37. The number of benzene rings is 1. The number of alkyl halides is 1. The molecule has 1 aromatic carbocycles. The van der Waals surface area contributed by atoms with Gasteiger partial charge in [-0.3, -0.25) is 9.29 Å². The molecule has 0 aliphatic heterocycles. The van der Waals surface area contributed by atoms with Crippen molar-refractivity contribution in [1.29, 1.82) is 0 Å². The van der Waals surface area contributed by atoms with E-state index in [1.165, 1.54) is 19.3 Å². The third kappa shape index (κ3) is 4.98. The number of aryl methyl sites for hydroxylation is 1. The average Bonchev–Trinajstić information content (AvgIpc) is 3.47. The maximum absolute atomic E-state index is 15.7. The lowest BCUT2D eigenvalue weighted by Crippen LogP contribution is -2.30. The van der Waals surface area contributed by atoms with Crippen molar-refractivity contribution in [3.05, 3.63) is 58.8 Å². The second kappa shape index (κ2) is 10.2. The number of nitrogens with zero attached hydrogens (tertiary/aromatic N) is 5. The van der Waals surface area contributed by atoms with E-state index in [4.69, 9.17) is 13.9 Å². The lowest BCUT2D eigenvalue weighted by atomic mass is 10.0. The van der Waals surface area contributed by atoms with E-state index in [1.807, 2.05) is 19.1 Å². The quantitative estimate of drug-likeness (QED) is 0.256. The maximum atomic E-state index is 15.7. The van der Waals surface area contributed by atoms with Crippen LogP contribution in [0.5, 0.6) is 11.5 Å². The Labute approximate surface area is 214 Å². The predicted molar refractivity (Wildman–Crippen MR) is 136 cm³/mol. The number of anilines is 1. The number of furan rings is 1. The van der Waals surface area contributed by atoms with E-state index in [-0.39, 0.29) is 5.82 Å². The standard InChI is InChI=1S/C23H24BrFN6O3S/c1-13-9-10-18(34-13)20-28-29-22(31(20)19-16(32-4)7-6-8-17(19)33-5)30-35-14(2)23(3,25)21-26-11-15(24)12-27-21/h6-12,14H,1-5H3,(H,29,30). The summed E-state index contributed by atoms with van der Waals surface area (Å²) in [5, 5.41) is 8.07. The molecule has 0 saturated carbocycles. The molecule has 12 heteroatoms. The second-order valence-electron chi connectivity index (χ2n) is 7.77. The smallest absolute Gasteiger partial charge is 0.239 e. The molecule has 4 aromatic rings. The third-order valence-electron chi connectivity index (χ3n) is 5.40. The highest BCUT2D eigenvalue weighted by Crippen LogP contribution is 2.40. The Hall–Kier alpha value is -3.12. The van der Waals surface area contributed by atoms with Gasteiger partial charge < -0.3 is 13.9 Å². The van der Waals surface area contributed by atoms with E-state index in [0.717, 1.165) is 17.7 Å². The van der Waals surface area contributed by atoms with Gasteiger partial charge in [-0.2, -0.15) is 0 Å². The topological polar surface area (TPSA) is 100 Å². The zero-order valence-electron chi connectivity index (χ0n) is 19.7. The van der Waals surface area contributed by atoms with Crippen molar-refractivity contribution >= 4 is 33.8 Å². The average molecular weight is 563 g/mol. The Morgan fingerprint density at radius 2 is 1.77 bits per heavy atom. The van der Waals surface area contributed by atoms with Crippen molar-refractivity contribution < 1.29 is 18.3 Å². The SMILES string of the molecule is COc1cccc(OC)c1-n1c(NSC(C)C(C)(F)c2ncc(Br)cn2)nnc1-c1ccc(C)o1. The second-order valence-corrected chi connectivity index (χ2v) is 9.83. The maximum Gasteiger partial charge on any atom is 0.239 e. The molecule has 1 N–H and O–H groups in total. The van der Waals surface area contributed by atoms with Crippen LogP contribution in [-0.4, -0.2) is 44.2 Å². The molecule has 4 rings (SSSR count). The summed E-state index contributed by atoms with van der Waals surface area (Å²) in [6.07, 6.45) is 3.04. The monoisotopic (exact) mass is 562 g/mol. The first-order valence-corrected chi connectivity index (χ1v) is 12.3. The number of para-hydroxylation sites is 1. The van der Waals surface area contributed by atoms with Crippen molar-refractivity contribution in [2.75, 3.05) is 18.9 Å². The fraction of sp³-hybridized carbons (Fsp3) is 0.304. The van der Waals surface area contributed by atoms with E-state index in [1.54, 1.807) is 43.9 Å². The summed E-state index contributed by atoms with van der Waals surface area (Å²) in [5.74, 6) is 3.15. The first-order valence-electron chi connectivity index (χ1n) is 10.6. The Balaban J connectivity index is 1.73. The predicted octanol–water partition coefficient (Wildman–Crippen LogP) is 5.74. The van der Waals surface area contributed by atoms with Crippen LogP contribution in [0.3, 0.4) is 0 Å². The fourth-order valence-electron chi connectivity index (χ4n) is 3.33. The molecule has 0 fully saturated rings. The van der Waals surface area contributed by atoms with Crippen LogP contribution in [0.25, 0.3) is 17.3 Å². The largest absolute Gasteiger partial charge is 0.494 e. The molecule has 0 spiro atoms. The molecule has 0 aliphatic rings. The van der Waals surface area contributed by atoms with Gasteiger partial charge in [0.2, 0.25) is 11.8 Å². The van der Waals surface area contributed by atoms with Crippen LogP contribution >= 0.6 is 27.9 Å². The molecule has 9 nitrogen and oxygen atoms in total. The molecule has 35 heavy (non-hydrogen) atoms. The van der Waals surface area contributed by atoms with Gasteiger partial charge in [0.15, 0.2) is 17.3 Å². The summed E-state index contributed by atoms with van der Waals surface area (Å²) in [4.78, 5) is 8.26. The van der Waals surface area contributed by atoms with E-state index in [9.17, 15) is 0 Å². The minimum Gasteiger partial charge on any atom is -0.494 e. The Morgan fingerprint density at radius 3 is 2.34 bits per heavy atom. The Morgan fingerprint density at radius 1 is 1.11 bits per heavy atom. The van der Waals surface area contributed by atoms with Crippen LogP contribution in [0.1, 0.15) is 25.4 Å².